The van der Waals surface area contributed by atoms with Crippen LogP contribution in [0.4, 0.5) is 4.39 Å². The Kier molecular flexibility index (Phi) is 30.9. The molecule has 1 heterocycles. The first kappa shape index (κ1) is 89.5. The normalized spacial score (nSPS) is 12.7. The van der Waals surface area contributed by atoms with Crippen LogP contribution < -0.4 is 4.74 Å². The Hall–Kier alpha value is -6.63. The quantitative estimate of drug-likeness (QED) is 0.121. The van der Waals surface area contributed by atoms with E-state index in [9.17, 15) is 63.3 Å². The van der Waals surface area contributed by atoms with Crippen LogP contribution in [0.25, 0.3) is 10.8 Å². The molecule has 0 spiro atoms. The highest BCUT2D eigenvalue weighted by Crippen LogP contribution is 2.33. The van der Waals surface area contributed by atoms with Crippen LogP contribution in [0.1, 0.15) is 157 Å². The predicted molar refractivity (Wildman–Crippen MR) is 406 cm³/mol. The van der Waals surface area contributed by atoms with Crippen molar-refractivity contribution in [1.29, 1.82) is 5.26 Å². The van der Waals surface area contributed by atoms with Crippen LogP contribution in [0.5, 0.6) is 5.75 Å². The van der Waals surface area contributed by atoms with Gasteiger partial charge in [-0.1, -0.05) is 91.0 Å². The van der Waals surface area contributed by atoms with E-state index < -0.39 is 108 Å². The zero-order valence-corrected chi connectivity index (χ0v) is 67.9. The summed E-state index contributed by atoms with van der Waals surface area (Å²) < 4.78 is 180. The number of fused-ring (bicyclic) bond motifs is 1. The molecule has 8 aromatic rings. The van der Waals surface area contributed by atoms with Crippen LogP contribution in [0.2, 0.25) is 0 Å². The Morgan fingerprint density at radius 2 is 0.700 bits per heavy atom. The standard InChI is InChI=1S/C14H16O2S.C11H13NO2S.C11H16O3S.C11H16O2S.C10H13FO2S.C10H14O2S.C8H12O2S2/c1-14(2,3)17(15,16)13-10-6-8-11-7-4-5-9-12(11)13;1-11(2,3)15(13,14)10-6-4-9(8-12)5-7-10;1-11(2,3)15(12,13)10-7-5-9(14-4)6-8-10;1-11(2,3)14(12,13)9-10-7-5-4-6-8-10;1-10(2,3)14(12,13)9-6-4-8(11)5-7-9;1-10(2,3)13(11,12)9-7-5-4-6-8-9;1-8(2,3)12(9,10)7-5-4-6-11-7/h4-10H,1-3H3;4-7H,1-3H3;5-8H,1-4H3;4-8H,9H2,1-3H3;4-7H,1-3H3;4-8H,1-3H3;4-6H,1-3H3. The zero-order chi connectivity index (χ0) is 77.4. The Balaban J connectivity index is 0.000000398. The van der Waals surface area contributed by atoms with Gasteiger partial charge in [0.1, 0.15) is 15.8 Å². The fourth-order valence-corrected chi connectivity index (χ4v) is 17.6. The van der Waals surface area contributed by atoms with E-state index in [4.69, 9.17) is 10.00 Å². The number of nitriles is 1. The van der Waals surface area contributed by atoms with Crippen molar-refractivity contribution in [3.05, 3.63) is 210 Å². The lowest BCUT2D eigenvalue weighted by atomic mass is 10.1. The van der Waals surface area contributed by atoms with Crippen molar-refractivity contribution in [1.82, 2.24) is 0 Å². The molecule has 0 saturated heterocycles. The maximum atomic E-state index is 12.6. The fourth-order valence-electron chi connectivity index (χ4n) is 7.58. The van der Waals surface area contributed by atoms with Gasteiger partial charge >= 0.3 is 0 Å². The van der Waals surface area contributed by atoms with Crippen LogP contribution in [0.15, 0.2) is 222 Å². The van der Waals surface area contributed by atoms with Gasteiger partial charge in [0.05, 0.1) is 82.2 Å². The zero-order valence-electron chi connectivity index (χ0n) is 61.4. The monoisotopic (exact) mass is 1530 g/mol. The van der Waals surface area contributed by atoms with Gasteiger partial charge in [0.15, 0.2) is 68.9 Å². The number of thiophene rings is 1. The van der Waals surface area contributed by atoms with Crippen LogP contribution in [-0.4, -0.2) is 99.3 Å². The summed E-state index contributed by atoms with van der Waals surface area (Å²) >= 11 is 1.27. The predicted octanol–water partition coefficient (Wildman–Crippen LogP) is 17.2. The molecule has 0 bridgehead atoms. The number of benzene rings is 7. The van der Waals surface area contributed by atoms with Crippen molar-refractivity contribution in [3.8, 4) is 11.8 Å². The lowest BCUT2D eigenvalue weighted by molar-refractivity contribution is 0.414. The van der Waals surface area contributed by atoms with E-state index in [2.05, 4.69) is 0 Å². The molecule has 0 saturated carbocycles. The number of nitrogens with zero attached hydrogens (tertiary/aromatic N) is 1. The molecule has 1 aromatic heterocycles. The molecule has 16 nitrogen and oxygen atoms in total. The van der Waals surface area contributed by atoms with Crippen molar-refractivity contribution in [2.75, 3.05) is 7.11 Å². The number of methoxy groups -OCH3 is 1. The Morgan fingerprint density at radius 1 is 0.360 bits per heavy atom. The smallest absolute Gasteiger partial charge is 0.192 e. The summed E-state index contributed by atoms with van der Waals surface area (Å²) in [5.41, 5.74) is 1.31. The molecule has 7 aromatic carbocycles. The van der Waals surface area contributed by atoms with Gasteiger partial charge in [-0.05, 0) is 259 Å². The lowest BCUT2D eigenvalue weighted by Crippen LogP contribution is -2.29. The van der Waals surface area contributed by atoms with E-state index in [0.717, 1.165) is 28.5 Å². The average molecular weight is 1530 g/mol. The minimum Gasteiger partial charge on any atom is -0.497 e. The first-order chi connectivity index (χ1) is 45.2. The third-order valence-electron chi connectivity index (χ3n) is 14.6. The van der Waals surface area contributed by atoms with Gasteiger partial charge in [0, 0.05) is 5.39 Å². The van der Waals surface area contributed by atoms with Gasteiger partial charge in [0.2, 0.25) is 0 Å². The summed E-state index contributed by atoms with van der Waals surface area (Å²) in [6.07, 6.45) is 0. The minimum absolute atomic E-state index is 0.122. The molecule has 0 aliphatic rings. The Labute approximate surface area is 601 Å². The largest absolute Gasteiger partial charge is 0.497 e. The molecule has 0 aliphatic heterocycles. The van der Waals surface area contributed by atoms with Crippen LogP contribution in [0.3, 0.4) is 0 Å². The summed E-state index contributed by atoms with van der Waals surface area (Å²) in [4.78, 5) is 1.56. The van der Waals surface area contributed by atoms with E-state index in [1.54, 1.807) is 231 Å². The molecule has 0 unspecified atom stereocenters. The number of rotatable bonds is 9. The van der Waals surface area contributed by atoms with E-state index >= 15 is 0 Å². The maximum Gasteiger partial charge on any atom is 0.192 e. The van der Waals surface area contributed by atoms with Gasteiger partial charge < -0.3 is 4.74 Å². The molecule has 25 heteroatoms. The number of halogens is 1. The summed E-state index contributed by atoms with van der Waals surface area (Å²) in [7, 11) is -21.0. The summed E-state index contributed by atoms with van der Waals surface area (Å²) in [6.45, 7) is 35.5. The van der Waals surface area contributed by atoms with Crippen LogP contribution in [-0.2, 0) is 74.6 Å². The van der Waals surface area contributed by atoms with Crippen molar-refractivity contribution in [2.24, 2.45) is 0 Å². The van der Waals surface area contributed by atoms with Gasteiger partial charge in [-0.15, -0.1) is 11.3 Å². The first-order valence-electron chi connectivity index (χ1n) is 31.4. The number of hydrogen-bond donors (Lipinski definition) is 0. The molecule has 100 heavy (non-hydrogen) atoms. The van der Waals surface area contributed by atoms with Crippen molar-refractivity contribution >= 4 is 91.0 Å². The van der Waals surface area contributed by atoms with Crippen molar-refractivity contribution in [3.63, 3.8) is 0 Å². The summed E-state index contributed by atoms with van der Waals surface area (Å²) in [5, 5.41) is 12.1. The third-order valence-corrected chi connectivity index (χ3v) is 33.6. The number of sulfone groups is 7. The fraction of sp³-hybridized carbons (Fsp3) is 0.400. The third kappa shape index (κ3) is 24.3. The lowest BCUT2D eigenvalue weighted by Gasteiger charge is -2.20. The van der Waals surface area contributed by atoms with Crippen molar-refractivity contribution in [2.45, 2.75) is 213 Å². The first-order valence-corrected chi connectivity index (χ1v) is 42.8. The molecular weight excluding hydrogens is 1430 g/mol. The summed E-state index contributed by atoms with van der Waals surface area (Å²) in [6, 6.07) is 53.4. The molecule has 8 rings (SSSR count). The SMILES string of the molecule is CC(C)(C)S(=O)(=O)Cc1ccccc1.CC(C)(C)S(=O)(=O)c1ccc(C#N)cc1.CC(C)(C)S(=O)(=O)c1ccc(F)cc1.CC(C)(C)S(=O)(=O)c1cccc2ccccc12.CC(C)(C)S(=O)(=O)c1ccccc1.CC(C)(C)S(=O)(=O)c1cccs1.COc1ccc(S(=O)(=O)C(C)(C)C)cc1. The van der Waals surface area contributed by atoms with Gasteiger partial charge in [-0.25, -0.2) is 63.3 Å². The van der Waals surface area contributed by atoms with Crippen LogP contribution in [0, 0.1) is 17.1 Å². The van der Waals surface area contributed by atoms with Crippen molar-refractivity contribution < 1.29 is 68.1 Å². The van der Waals surface area contributed by atoms with Crippen LogP contribution >= 0.6 is 11.3 Å². The summed E-state index contributed by atoms with van der Waals surface area (Å²) in [5.74, 6) is 0.345. The highest BCUT2D eigenvalue weighted by atomic mass is 32.2. The van der Waals surface area contributed by atoms with E-state index in [0.29, 0.717) is 30.2 Å². The van der Waals surface area contributed by atoms with E-state index in [1.165, 1.54) is 47.7 Å². The molecule has 0 fully saturated rings. The topological polar surface area (TPSA) is 272 Å². The maximum absolute atomic E-state index is 12.6. The highest BCUT2D eigenvalue weighted by molar-refractivity contribution is 7.95. The second-order valence-corrected chi connectivity index (χ2v) is 49.6. The van der Waals surface area contributed by atoms with Gasteiger partial charge in [0.25, 0.3) is 0 Å². The Bertz CT molecular complexity index is 4820. The number of ether oxygens (including phenoxy) is 1. The second-order valence-electron chi connectivity index (χ2n) is 29.5. The molecule has 0 N–H and O–H groups in total. The molecule has 550 valence electrons. The Morgan fingerprint density at radius 3 is 1.05 bits per heavy atom. The second kappa shape index (κ2) is 34.6. The molecule has 0 radical (unpaired) electrons. The van der Waals surface area contributed by atoms with Gasteiger partial charge in [-0.3, -0.25) is 0 Å². The van der Waals surface area contributed by atoms with E-state index in [1.807, 2.05) is 72.8 Å². The number of hydrogen-bond acceptors (Lipinski definition) is 17. The molecule has 0 amide bonds. The van der Waals surface area contributed by atoms with Gasteiger partial charge in [-0.2, -0.15) is 5.26 Å². The molecular formula is C75H100FNO15S8. The minimum atomic E-state index is -3.36. The molecule has 0 atom stereocenters. The average Bonchev–Trinajstić information content (AvgIpc) is 0.953. The molecule has 0 aliphatic carbocycles. The highest BCUT2D eigenvalue weighted by Gasteiger charge is 2.36. The van der Waals surface area contributed by atoms with E-state index in [-0.39, 0.29) is 15.5 Å².